The van der Waals surface area contributed by atoms with E-state index in [0.29, 0.717) is 22.7 Å². The first-order chi connectivity index (χ1) is 12.5. The minimum atomic E-state index is -0.988. The molecule has 0 aliphatic rings. The molecule has 7 heteroatoms. The molecule has 0 saturated heterocycles. The van der Waals surface area contributed by atoms with Gasteiger partial charge in [-0.15, -0.1) is 0 Å². The van der Waals surface area contributed by atoms with Crippen LogP contribution in [0.2, 0.25) is 0 Å². The maximum absolute atomic E-state index is 12.1. The van der Waals surface area contributed by atoms with Crippen molar-refractivity contribution in [3.8, 4) is 17.6 Å². The molecule has 0 radical (unpaired) electrons. The Kier molecular flexibility index (Phi) is 6.57. The summed E-state index contributed by atoms with van der Waals surface area (Å²) in [6.07, 6.45) is -0.988. The van der Waals surface area contributed by atoms with Gasteiger partial charge in [-0.3, -0.25) is 4.79 Å². The predicted octanol–water partition coefficient (Wildman–Crippen LogP) is 2.52. The molecule has 0 saturated carbocycles. The largest absolute Gasteiger partial charge is 0.497 e. The molecular formula is C19H18N2O5. The van der Waals surface area contributed by atoms with Crippen molar-refractivity contribution in [1.82, 2.24) is 0 Å². The summed E-state index contributed by atoms with van der Waals surface area (Å²) in [6.45, 7) is 1.12. The van der Waals surface area contributed by atoms with E-state index >= 15 is 0 Å². The monoisotopic (exact) mass is 354 g/mol. The number of benzene rings is 2. The Labute approximate surface area is 151 Å². The number of nitrogens with zero attached hydrogens (tertiary/aromatic N) is 1. The third-order valence-corrected chi connectivity index (χ3v) is 3.35. The Hall–Kier alpha value is -3.53. The first-order valence-corrected chi connectivity index (χ1v) is 7.79. The smallest absolute Gasteiger partial charge is 0.344 e. The highest BCUT2D eigenvalue weighted by Gasteiger charge is 2.18. The lowest BCUT2D eigenvalue weighted by Gasteiger charge is -2.14. The van der Waals surface area contributed by atoms with Crippen LogP contribution in [-0.2, 0) is 14.3 Å². The summed E-state index contributed by atoms with van der Waals surface area (Å²) in [4.78, 5) is 23.9. The van der Waals surface area contributed by atoms with Gasteiger partial charge in [0.25, 0.3) is 5.91 Å². The number of ether oxygens (including phenoxy) is 3. The van der Waals surface area contributed by atoms with Crippen LogP contribution in [0.15, 0.2) is 48.5 Å². The van der Waals surface area contributed by atoms with Gasteiger partial charge in [0, 0.05) is 11.8 Å². The number of carbonyl (C=O) groups excluding carboxylic acids is 2. The molecule has 0 heterocycles. The molecule has 1 atom stereocenters. The van der Waals surface area contributed by atoms with E-state index in [1.54, 1.807) is 48.5 Å². The van der Waals surface area contributed by atoms with Crippen molar-refractivity contribution < 1.29 is 23.8 Å². The summed E-state index contributed by atoms with van der Waals surface area (Å²) in [6, 6.07) is 15.1. The van der Waals surface area contributed by atoms with E-state index < -0.39 is 18.0 Å². The second kappa shape index (κ2) is 9.08. The number of nitriles is 1. The summed E-state index contributed by atoms with van der Waals surface area (Å²) in [5, 5.41) is 11.4. The fraction of sp³-hybridized carbons (Fsp3) is 0.211. The molecule has 2 rings (SSSR count). The normalized spacial score (nSPS) is 11.0. The van der Waals surface area contributed by atoms with E-state index in [-0.39, 0.29) is 6.61 Å². The Balaban J connectivity index is 1.81. The molecule has 134 valence electrons. The number of rotatable bonds is 7. The molecule has 1 N–H and O–H groups in total. The van der Waals surface area contributed by atoms with E-state index in [4.69, 9.17) is 19.5 Å². The van der Waals surface area contributed by atoms with E-state index in [1.165, 1.54) is 14.0 Å². The highest BCUT2D eigenvalue weighted by Crippen LogP contribution is 2.17. The molecule has 0 unspecified atom stereocenters. The van der Waals surface area contributed by atoms with E-state index in [1.807, 2.05) is 6.07 Å². The molecule has 0 spiro atoms. The van der Waals surface area contributed by atoms with Crippen molar-refractivity contribution in [3.63, 3.8) is 0 Å². The molecular weight excluding hydrogens is 336 g/mol. The molecule has 7 nitrogen and oxygen atoms in total. The lowest BCUT2D eigenvalue weighted by atomic mass is 10.2. The molecule has 0 aliphatic carbocycles. The Morgan fingerprint density at radius 3 is 2.54 bits per heavy atom. The van der Waals surface area contributed by atoms with Gasteiger partial charge in [0.1, 0.15) is 11.5 Å². The molecule has 2 aromatic rings. The summed E-state index contributed by atoms with van der Waals surface area (Å²) < 4.78 is 15.4. The van der Waals surface area contributed by atoms with Crippen molar-refractivity contribution in [2.45, 2.75) is 13.0 Å². The summed E-state index contributed by atoms with van der Waals surface area (Å²) in [5.74, 6) is -0.120. The van der Waals surface area contributed by atoms with Gasteiger partial charge in [0.2, 0.25) is 0 Å². The number of amides is 1. The van der Waals surface area contributed by atoms with Crippen LogP contribution in [0, 0.1) is 11.3 Å². The van der Waals surface area contributed by atoms with Gasteiger partial charge in [-0.1, -0.05) is 6.07 Å². The number of hydrogen-bond donors (Lipinski definition) is 1. The van der Waals surface area contributed by atoms with Gasteiger partial charge < -0.3 is 19.5 Å². The first-order valence-electron chi connectivity index (χ1n) is 7.79. The minimum absolute atomic E-state index is 0.345. The fourth-order valence-electron chi connectivity index (χ4n) is 2.00. The van der Waals surface area contributed by atoms with Crippen molar-refractivity contribution in [2.75, 3.05) is 19.0 Å². The van der Waals surface area contributed by atoms with Crippen molar-refractivity contribution in [1.29, 1.82) is 5.26 Å². The lowest BCUT2D eigenvalue weighted by Crippen LogP contribution is -2.31. The van der Waals surface area contributed by atoms with Crippen LogP contribution in [0.3, 0.4) is 0 Å². The quantitative estimate of drug-likeness (QED) is 0.767. The van der Waals surface area contributed by atoms with Gasteiger partial charge in [0.15, 0.2) is 12.7 Å². The highest BCUT2D eigenvalue weighted by molar-refractivity contribution is 5.95. The molecule has 26 heavy (non-hydrogen) atoms. The fourth-order valence-corrected chi connectivity index (χ4v) is 2.00. The van der Waals surface area contributed by atoms with Crippen LogP contribution in [0.1, 0.15) is 12.5 Å². The van der Waals surface area contributed by atoms with Crippen LogP contribution in [0.25, 0.3) is 0 Å². The summed E-state index contributed by atoms with van der Waals surface area (Å²) >= 11 is 0. The van der Waals surface area contributed by atoms with Crippen LogP contribution < -0.4 is 14.8 Å². The van der Waals surface area contributed by atoms with Gasteiger partial charge in [-0.2, -0.15) is 5.26 Å². The third-order valence-electron chi connectivity index (χ3n) is 3.35. The average Bonchev–Trinajstić information content (AvgIpc) is 2.66. The Morgan fingerprint density at radius 2 is 1.88 bits per heavy atom. The third kappa shape index (κ3) is 5.53. The minimum Gasteiger partial charge on any atom is -0.497 e. The van der Waals surface area contributed by atoms with Crippen LogP contribution in [-0.4, -0.2) is 31.7 Å². The zero-order valence-corrected chi connectivity index (χ0v) is 14.4. The van der Waals surface area contributed by atoms with E-state index in [0.717, 1.165) is 0 Å². The average molecular weight is 354 g/mol. The molecule has 0 bridgehead atoms. The number of hydrogen-bond acceptors (Lipinski definition) is 6. The van der Waals surface area contributed by atoms with Gasteiger partial charge in [-0.05, 0) is 43.3 Å². The van der Waals surface area contributed by atoms with Gasteiger partial charge >= 0.3 is 5.97 Å². The SMILES string of the molecule is COc1cccc(NC(=O)[C@H](C)OC(=O)COc2ccc(C#N)cc2)c1. The Morgan fingerprint density at radius 1 is 1.15 bits per heavy atom. The number of carbonyl (C=O) groups is 2. The number of nitrogens with one attached hydrogen (secondary N) is 1. The standard InChI is InChI=1S/C19H18N2O5/c1-13(19(23)21-15-4-3-5-17(10-15)24-2)26-18(22)12-25-16-8-6-14(11-20)7-9-16/h3-10,13H,12H2,1-2H3,(H,21,23)/t13-/m0/s1. The summed E-state index contributed by atoms with van der Waals surface area (Å²) in [5.41, 5.74) is 1.02. The zero-order valence-electron chi connectivity index (χ0n) is 14.4. The molecule has 0 aromatic heterocycles. The number of esters is 1. The maximum atomic E-state index is 12.1. The van der Waals surface area contributed by atoms with Crippen LogP contribution in [0.5, 0.6) is 11.5 Å². The van der Waals surface area contributed by atoms with Gasteiger partial charge in [-0.25, -0.2) is 4.79 Å². The number of methoxy groups -OCH3 is 1. The lowest BCUT2D eigenvalue weighted by molar-refractivity contribution is -0.155. The number of anilines is 1. The van der Waals surface area contributed by atoms with Crippen LogP contribution in [0.4, 0.5) is 5.69 Å². The maximum Gasteiger partial charge on any atom is 0.344 e. The van der Waals surface area contributed by atoms with Crippen LogP contribution >= 0.6 is 0 Å². The second-order valence-corrected chi connectivity index (χ2v) is 5.28. The zero-order chi connectivity index (χ0) is 18.9. The van der Waals surface area contributed by atoms with Crippen molar-refractivity contribution in [2.24, 2.45) is 0 Å². The topological polar surface area (TPSA) is 97.7 Å². The highest BCUT2D eigenvalue weighted by atomic mass is 16.6. The Bertz CT molecular complexity index is 811. The molecule has 0 fully saturated rings. The second-order valence-electron chi connectivity index (χ2n) is 5.28. The van der Waals surface area contributed by atoms with Crippen molar-refractivity contribution >= 4 is 17.6 Å². The molecule has 2 aromatic carbocycles. The van der Waals surface area contributed by atoms with E-state index in [9.17, 15) is 9.59 Å². The first kappa shape index (κ1) is 18.8. The van der Waals surface area contributed by atoms with Crippen molar-refractivity contribution in [3.05, 3.63) is 54.1 Å². The molecule has 1 amide bonds. The van der Waals surface area contributed by atoms with E-state index in [2.05, 4.69) is 5.32 Å². The summed E-state index contributed by atoms with van der Waals surface area (Å²) in [7, 11) is 1.53. The van der Waals surface area contributed by atoms with Gasteiger partial charge in [0.05, 0.1) is 18.7 Å². The molecule has 0 aliphatic heterocycles. The predicted molar refractivity (Wildman–Crippen MR) is 93.8 cm³/mol.